The Labute approximate surface area is 169 Å². The van der Waals surface area contributed by atoms with Crippen molar-refractivity contribution in [2.75, 3.05) is 13.1 Å². The molecule has 1 fully saturated rings. The minimum atomic E-state index is -3.75. The molecule has 29 heavy (non-hydrogen) atoms. The van der Waals surface area contributed by atoms with E-state index in [2.05, 4.69) is 0 Å². The van der Waals surface area contributed by atoms with Crippen LogP contribution >= 0.6 is 0 Å². The number of ketones is 1. The summed E-state index contributed by atoms with van der Waals surface area (Å²) in [5, 5.41) is 0. The number of ether oxygens (including phenoxy) is 1. The van der Waals surface area contributed by atoms with Crippen molar-refractivity contribution in [2.45, 2.75) is 31.3 Å². The van der Waals surface area contributed by atoms with Crippen LogP contribution in [0, 0.1) is 11.7 Å². The van der Waals surface area contributed by atoms with Crippen LogP contribution in [0.15, 0.2) is 53.4 Å². The normalized spacial score (nSPS) is 15.8. The van der Waals surface area contributed by atoms with Gasteiger partial charge in [0, 0.05) is 24.2 Å². The maximum absolute atomic E-state index is 13.6. The molecule has 1 saturated heterocycles. The molecule has 0 spiro atoms. The molecule has 2 aromatic carbocycles. The lowest BCUT2D eigenvalue weighted by atomic mass is 9.98. The number of sulfonamides is 1. The highest BCUT2D eigenvalue weighted by molar-refractivity contribution is 7.89. The van der Waals surface area contributed by atoms with E-state index in [9.17, 15) is 22.4 Å². The van der Waals surface area contributed by atoms with E-state index in [1.54, 1.807) is 24.3 Å². The van der Waals surface area contributed by atoms with Gasteiger partial charge in [0.15, 0.2) is 5.78 Å². The van der Waals surface area contributed by atoms with Crippen LogP contribution in [-0.4, -0.2) is 37.6 Å². The van der Waals surface area contributed by atoms with Gasteiger partial charge in [0.2, 0.25) is 10.0 Å². The van der Waals surface area contributed by atoms with Crippen molar-refractivity contribution in [3.05, 3.63) is 65.5 Å². The van der Waals surface area contributed by atoms with Crippen molar-refractivity contribution in [2.24, 2.45) is 5.92 Å². The third-order valence-electron chi connectivity index (χ3n) is 4.99. The first kappa shape index (κ1) is 21.1. The number of benzene rings is 2. The molecule has 0 aliphatic carbocycles. The van der Waals surface area contributed by atoms with Crippen LogP contribution in [0.3, 0.4) is 0 Å². The minimum Gasteiger partial charge on any atom is -0.460 e. The lowest BCUT2D eigenvalue weighted by molar-refractivity contribution is -0.151. The molecule has 0 atom stereocenters. The monoisotopic (exact) mass is 419 g/mol. The van der Waals surface area contributed by atoms with Gasteiger partial charge in [-0.2, -0.15) is 4.31 Å². The van der Waals surface area contributed by atoms with Crippen molar-refractivity contribution >= 4 is 21.8 Å². The van der Waals surface area contributed by atoms with Gasteiger partial charge in [0.25, 0.3) is 0 Å². The first-order valence-electron chi connectivity index (χ1n) is 9.30. The molecule has 0 amide bonds. The Kier molecular flexibility index (Phi) is 6.44. The summed E-state index contributed by atoms with van der Waals surface area (Å²) < 4.78 is 45.8. The number of hydrogen-bond donors (Lipinski definition) is 0. The van der Waals surface area contributed by atoms with E-state index in [0.717, 1.165) is 0 Å². The zero-order valence-corrected chi connectivity index (χ0v) is 16.8. The highest BCUT2D eigenvalue weighted by Crippen LogP contribution is 2.25. The molecule has 6 nitrogen and oxygen atoms in total. The number of halogens is 1. The van der Waals surface area contributed by atoms with E-state index in [-0.39, 0.29) is 30.4 Å². The molecule has 1 aliphatic rings. The lowest BCUT2D eigenvalue weighted by Gasteiger charge is -2.30. The number of nitrogens with zero attached hydrogens (tertiary/aromatic N) is 1. The second-order valence-corrected chi connectivity index (χ2v) is 8.90. The van der Waals surface area contributed by atoms with Gasteiger partial charge in [-0.15, -0.1) is 0 Å². The molecule has 0 unspecified atom stereocenters. The predicted molar refractivity (Wildman–Crippen MR) is 104 cm³/mol. The average Bonchev–Trinajstić information content (AvgIpc) is 2.73. The molecule has 0 aromatic heterocycles. The van der Waals surface area contributed by atoms with Crippen LogP contribution in [0.1, 0.15) is 35.7 Å². The maximum Gasteiger partial charge on any atom is 0.309 e. The number of hydrogen-bond acceptors (Lipinski definition) is 5. The first-order valence-corrected chi connectivity index (χ1v) is 10.7. The zero-order chi connectivity index (χ0) is 21.0. The summed E-state index contributed by atoms with van der Waals surface area (Å²) in [5.41, 5.74) is 0.629. The van der Waals surface area contributed by atoms with Crippen LogP contribution in [-0.2, 0) is 26.2 Å². The van der Waals surface area contributed by atoms with Crippen molar-refractivity contribution in [1.29, 1.82) is 0 Å². The highest BCUT2D eigenvalue weighted by atomic mass is 32.2. The summed E-state index contributed by atoms with van der Waals surface area (Å²) in [6.45, 7) is 1.57. The molecule has 2 aromatic rings. The number of carbonyl (C=O) groups excluding carboxylic acids is 2. The Balaban J connectivity index is 1.59. The van der Waals surface area contributed by atoms with Crippen molar-refractivity contribution in [3.8, 4) is 0 Å². The Morgan fingerprint density at radius 3 is 2.45 bits per heavy atom. The molecular formula is C21H22FNO5S. The van der Waals surface area contributed by atoms with E-state index in [1.165, 1.54) is 35.5 Å². The largest absolute Gasteiger partial charge is 0.460 e. The third-order valence-corrected chi connectivity index (χ3v) is 6.89. The second-order valence-electron chi connectivity index (χ2n) is 6.96. The van der Waals surface area contributed by atoms with Gasteiger partial charge in [-0.05, 0) is 38.0 Å². The third kappa shape index (κ3) is 4.89. The molecule has 3 rings (SSSR count). The lowest BCUT2D eigenvalue weighted by Crippen LogP contribution is -2.40. The van der Waals surface area contributed by atoms with Crippen molar-refractivity contribution in [1.82, 2.24) is 4.31 Å². The van der Waals surface area contributed by atoms with E-state index < -0.39 is 27.7 Å². The molecule has 0 radical (unpaired) electrons. The number of esters is 1. The SMILES string of the molecule is CC(=O)c1cccc(S(=O)(=O)N2CCC(C(=O)OCc3ccccc3F)CC2)c1. The van der Waals surface area contributed by atoms with Crippen molar-refractivity contribution in [3.63, 3.8) is 0 Å². The topological polar surface area (TPSA) is 80.8 Å². The molecule has 0 N–H and O–H groups in total. The molecular weight excluding hydrogens is 397 g/mol. The van der Waals surface area contributed by atoms with E-state index in [1.807, 2.05) is 0 Å². The molecule has 154 valence electrons. The highest BCUT2D eigenvalue weighted by Gasteiger charge is 2.33. The summed E-state index contributed by atoms with van der Waals surface area (Å²) in [6, 6.07) is 12.0. The molecule has 0 bridgehead atoms. The number of piperidine rings is 1. The summed E-state index contributed by atoms with van der Waals surface area (Å²) in [6.07, 6.45) is 0.642. The fourth-order valence-electron chi connectivity index (χ4n) is 3.24. The standard InChI is InChI=1S/C21H22FNO5S/c1-15(24)17-6-4-7-19(13-17)29(26,27)23-11-9-16(10-12-23)21(25)28-14-18-5-2-3-8-20(18)22/h2-8,13,16H,9-12,14H2,1H3. The molecule has 8 heteroatoms. The van der Waals surface area contributed by atoms with E-state index >= 15 is 0 Å². The maximum atomic E-state index is 13.6. The summed E-state index contributed by atoms with van der Waals surface area (Å²) in [5.74, 6) is -1.53. The summed E-state index contributed by atoms with van der Waals surface area (Å²) in [4.78, 5) is 23.9. The van der Waals surface area contributed by atoms with Gasteiger partial charge < -0.3 is 4.74 Å². The fourth-order valence-corrected chi connectivity index (χ4v) is 4.75. The Hall–Kier alpha value is -2.58. The van der Waals surface area contributed by atoms with E-state index in [0.29, 0.717) is 24.0 Å². The Bertz CT molecular complexity index is 1010. The van der Waals surface area contributed by atoms with Crippen LogP contribution in [0.5, 0.6) is 0 Å². The second kappa shape index (κ2) is 8.84. The Morgan fingerprint density at radius 1 is 1.10 bits per heavy atom. The number of Topliss-reactive ketones (excluding diaryl/α,β-unsaturated/α-hetero) is 1. The number of rotatable bonds is 6. The van der Waals surface area contributed by atoms with Crippen LogP contribution < -0.4 is 0 Å². The predicted octanol–water partition coefficient (Wildman–Crippen LogP) is 3.17. The molecule has 1 heterocycles. The Morgan fingerprint density at radius 2 is 1.79 bits per heavy atom. The molecule has 1 aliphatic heterocycles. The fraction of sp³-hybridized carbons (Fsp3) is 0.333. The zero-order valence-electron chi connectivity index (χ0n) is 16.0. The number of carbonyl (C=O) groups is 2. The van der Waals surface area contributed by atoms with Crippen LogP contribution in [0.25, 0.3) is 0 Å². The summed E-state index contributed by atoms with van der Waals surface area (Å²) in [7, 11) is -3.75. The van der Waals surface area contributed by atoms with E-state index in [4.69, 9.17) is 4.74 Å². The smallest absolute Gasteiger partial charge is 0.309 e. The van der Waals surface area contributed by atoms with Gasteiger partial charge in [0.1, 0.15) is 12.4 Å². The first-order chi connectivity index (χ1) is 13.8. The van der Waals surface area contributed by atoms with Gasteiger partial charge in [0.05, 0.1) is 10.8 Å². The van der Waals surface area contributed by atoms with Gasteiger partial charge in [-0.1, -0.05) is 30.3 Å². The summed E-state index contributed by atoms with van der Waals surface area (Å²) >= 11 is 0. The van der Waals surface area contributed by atoms with Crippen molar-refractivity contribution < 1.29 is 27.1 Å². The van der Waals surface area contributed by atoms with Crippen LogP contribution in [0.2, 0.25) is 0 Å². The van der Waals surface area contributed by atoms with Gasteiger partial charge >= 0.3 is 5.97 Å². The molecule has 0 saturated carbocycles. The van der Waals surface area contributed by atoms with Gasteiger partial charge in [-0.25, -0.2) is 12.8 Å². The van der Waals surface area contributed by atoms with Gasteiger partial charge in [-0.3, -0.25) is 9.59 Å². The average molecular weight is 419 g/mol. The quantitative estimate of drug-likeness (QED) is 0.531. The van der Waals surface area contributed by atoms with Crippen LogP contribution in [0.4, 0.5) is 4.39 Å². The minimum absolute atomic E-state index is 0.0609.